The van der Waals surface area contributed by atoms with Gasteiger partial charge in [0.15, 0.2) is 0 Å². The van der Waals surface area contributed by atoms with Crippen LogP contribution in [0.4, 0.5) is 13.2 Å². The number of hydrogen-bond donors (Lipinski definition) is 0. The van der Waals surface area contributed by atoms with Gasteiger partial charge in [0.05, 0.1) is 23.6 Å². The van der Waals surface area contributed by atoms with Crippen LogP contribution in [0.5, 0.6) is 0 Å². The summed E-state index contributed by atoms with van der Waals surface area (Å²) in [4.78, 5) is -1.12. The predicted molar refractivity (Wildman–Crippen MR) is 60.2 cm³/mol. The van der Waals surface area contributed by atoms with Gasteiger partial charge >= 0.3 is 16.5 Å². The van der Waals surface area contributed by atoms with E-state index in [1.54, 1.807) is 0 Å². The molecule has 2 rings (SSSR count). The van der Waals surface area contributed by atoms with Gasteiger partial charge in [-0.1, -0.05) is 15.8 Å². The Bertz CT molecular complexity index is 726. The second-order valence-electron chi connectivity index (χ2n) is 3.78. The van der Waals surface area contributed by atoms with Gasteiger partial charge in [-0.05, 0) is 12.1 Å². The van der Waals surface area contributed by atoms with Crippen molar-refractivity contribution in [3.05, 3.63) is 29.8 Å². The van der Waals surface area contributed by atoms with E-state index < -0.39 is 50.1 Å². The summed E-state index contributed by atoms with van der Waals surface area (Å²) in [6.07, 6.45) is -4.92. The lowest BCUT2D eigenvalue weighted by molar-refractivity contribution is -0.139. The third-order valence-electron chi connectivity index (χ3n) is 2.49. The number of halogens is 3. The Morgan fingerprint density at radius 1 is 1.20 bits per heavy atom. The van der Waals surface area contributed by atoms with Crippen LogP contribution in [0.15, 0.2) is 29.2 Å². The van der Waals surface area contributed by atoms with Gasteiger partial charge in [-0.25, -0.2) is 8.42 Å². The van der Waals surface area contributed by atoms with Gasteiger partial charge in [0, 0.05) is 0 Å². The molecule has 1 aliphatic heterocycles. The zero-order chi connectivity index (χ0) is 15.2. The summed E-state index contributed by atoms with van der Waals surface area (Å²) < 4.78 is 89.5. The monoisotopic (exact) mass is 331 g/mol. The van der Waals surface area contributed by atoms with Crippen LogP contribution >= 0.6 is 0 Å². The SMILES string of the molecule is O=S1(=O)OCCN1S(=O)(=O)c1ccccc1C(F)(F)F. The van der Waals surface area contributed by atoms with E-state index in [0.717, 1.165) is 12.1 Å². The van der Waals surface area contributed by atoms with E-state index in [9.17, 15) is 30.0 Å². The summed E-state index contributed by atoms with van der Waals surface area (Å²) in [5.74, 6) is 0. The van der Waals surface area contributed by atoms with Gasteiger partial charge in [0.2, 0.25) is 0 Å². The molecule has 11 heteroatoms. The first kappa shape index (κ1) is 15.2. The molecule has 1 saturated heterocycles. The summed E-state index contributed by atoms with van der Waals surface area (Å²) in [5, 5.41) is 0. The lowest BCUT2D eigenvalue weighted by Gasteiger charge is -2.17. The van der Waals surface area contributed by atoms with Crippen LogP contribution in [0.25, 0.3) is 0 Å². The smallest absolute Gasteiger partial charge is 0.256 e. The second-order valence-corrected chi connectivity index (χ2v) is 7.37. The fourth-order valence-electron chi connectivity index (χ4n) is 1.66. The quantitative estimate of drug-likeness (QED) is 0.807. The molecule has 0 spiro atoms. The van der Waals surface area contributed by atoms with Crippen molar-refractivity contribution < 1.29 is 34.2 Å². The summed E-state index contributed by atoms with van der Waals surface area (Å²) in [7, 11) is -9.44. The maximum absolute atomic E-state index is 12.8. The van der Waals surface area contributed by atoms with Gasteiger partial charge in [-0.2, -0.15) is 21.6 Å². The molecule has 0 N–H and O–H groups in total. The minimum absolute atomic E-state index is 0.0788. The minimum Gasteiger partial charge on any atom is -0.256 e. The van der Waals surface area contributed by atoms with Crippen molar-refractivity contribution in [2.24, 2.45) is 0 Å². The van der Waals surface area contributed by atoms with Gasteiger partial charge in [-0.3, -0.25) is 4.18 Å². The molecular weight excluding hydrogens is 323 g/mol. The number of sulfonamides is 1. The van der Waals surface area contributed by atoms with Crippen LogP contribution in [0.2, 0.25) is 0 Å². The number of alkyl halides is 3. The average molecular weight is 331 g/mol. The highest BCUT2D eigenvalue weighted by atomic mass is 32.3. The Morgan fingerprint density at radius 2 is 1.80 bits per heavy atom. The van der Waals surface area contributed by atoms with Gasteiger partial charge in [-0.15, -0.1) is 0 Å². The fourth-order valence-corrected chi connectivity index (χ4v) is 4.94. The van der Waals surface area contributed by atoms with E-state index in [1.807, 2.05) is 0 Å². The molecule has 0 amide bonds. The van der Waals surface area contributed by atoms with E-state index in [1.165, 1.54) is 0 Å². The fraction of sp³-hybridized carbons (Fsp3) is 0.333. The van der Waals surface area contributed by atoms with Crippen LogP contribution in [-0.2, 0) is 30.7 Å². The van der Waals surface area contributed by atoms with Crippen LogP contribution in [0, 0.1) is 0 Å². The van der Waals surface area contributed by atoms with Crippen LogP contribution < -0.4 is 0 Å². The standard InChI is InChI=1S/C9H8F3NO5S2/c10-9(11,12)7-3-1-2-4-8(7)19(14,15)13-5-6-18-20(13,16)17/h1-4H,5-6H2. The normalized spacial score (nSPS) is 20.1. The zero-order valence-electron chi connectivity index (χ0n) is 9.66. The van der Waals surface area contributed by atoms with Crippen LogP contribution in [0.1, 0.15) is 5.56 Å². The Kier molecular flexibility index (Phi) is 3.57. The Balaban J connectivity index is 2.63. The molecule has 1 heterocycles. The Morgan fingerprint density at radius 3 is 2.30 bits per heavy atom. The molecule has 0 aromatic heterocycles. The maximum Gasteiger partial charge on any atom is 0.417 e. The summed E-state index contributed by atoms with van der Waals surface area (Å²) in [6.45, 7) is -0.993. The number of rotatable bonds is 2. The predicted octanol–water partition coefficient (Wildman–Crippen LogP) is 0.971. The molecule has 1 aromatic carbocycles. The molecule has 0 radical (unpaired) electrons. The van der Waals surface area contributed by atoms with Crippen molar-refractivity contribution in [2.45, 2.75) is 11.1 Å². The highest BCUT2D eigenvalue weighted by Gasteiger charge is 2.45. The van der Waals surface area contributed by atoms with E-state index in [0.29, 0.717) is 12.1 Å². The molecule has 1 fully saturated rings. The second kappa shape index (κ2) is 4.69. The summed E-state index contributed by atoms with van der Waals surface area (Å²) >= 11 is 0. The lowest BCUT2D eigenvalue weighted by Crippen LogP contribution is -2.33. The van der Waals surface area contributed by atoms with E-state index in [2.05, 4.69) is 4.18 Å². The van der Waals surface area contributed by atoms with Crippen molar-refractivity contribution in [2.75, 3.05) is 13.2 Å². The molecule has 0 unspecified atom stereocenters. The summed E-state index contributed by atoms with van der Waals surface area (Å²) in [6, 6.07) is 3.35. The van der Waals surface area contributed by atoms with E-state index in [-0.39, 0.29) is 3.71 Å². The van der Waals surface area contributed by atoms with Crippen molar-refractivity contribution in [1.82, 2.24) is 3.71 Å². The number of nitrogens with zero attached hydrogens (tertiary/aromatic N) is 1. The molecule has 6 nitrogen and oxygen atoms in total. The molecule has 0 bridgehead atoms. The van der Waals surface area contributed by atoms with Crippen LogP contribution in [0.3, 0.4) is 0 Å². The average Bonchev–Trinajstić information content (AvgIpc) is 2.68. The van der Waals surface area contributed by atoms with E-state index >= 15 is 0 Å². The largest absolute Gasteiger partial charge is 0.417 e. The molecule has 20 heavy (non-hydrogen) atoms. The first-order valence-electron chi connectivity index (χ1n) is 5.15. The highest BCUT2D eigenvalue weighted by Crippen LogP contribution is 2.36. The molecule has 1 aromatic rings. The molecule has 112 valence electrons. The van der Waals surface area contributed by atoms with Gasteiger partial charge in [0.1, 0.15) is 0 Å². The molecule has 0 atom stereocenters. The molecule has 1 aliphatic rings. The van der Waals surface area contributed by atoms with Gasteiger partial charge < -0.3 is 0 Å². The van der Waals surface area contributed by atoms with E-state index in [4.69, 9.17) is 0 Å². The summed E-state index contributed by atoms with van der Waals surface area (Å²) in [5.41, 5.74) is -1.43. The first-order chi connectivity index (χ1) is 9.07. The van der Waals surface area contributed by atoms with Crippen LogP contribution in [-0.4, -0.2) is 33.7 Å². The highest BCUT2D eigenvalue weighted by molar-refractivity contribution is 8.02. The van der Waals surface area contributed by atoms with Crippen molar-refractivity contribution >= 4 is 20.3 Å². The molecule has 0 aliphatic carbocycles. The molecular formula is C9H8F3NO5S2. The topological polar surface area (TPSA) is 80.8 Å². The Labute approximate surface area is 113 Å². The molecule has 0 saturated carbocycles. The van der Waals surface area contributed by atoms with Crippen molar-refractivity contribution in [1.29, 1.82) is 0 Å². The van der Waals surface area contributed by atoms with Crippen molar-refractivity contribution in [3.8, 4) is 0 Å². The van der Waals surface area contributed by atoms with Gasteiger partial charge in [0.25, 0.3) is 10.0 Å². The third kappa shape index (κ3) is 2.53. The van der Waals surface area contributed by atoms with Crippen molar-refractivity contribution in [3.63, 3.8) is 0 Å². The zero-order valence-corrected chi connectivity index (χ0v) is 11.3. The minimum atomic E-state index is -4.92. The lowest BCUT2D eigenvalue weighted by atomic mass is 10.2. The third-order valence-corrected chi connectivity index (χ3v) is 6.41. The first-order valence-corrected chi connectivity index (χ1v) is 7.96. The number of hydrogen-bond acceptors (Lipinski definition) is 5. The maximum atomic E-state index is 12.8. The number of benzene rings is 1. The Hall–Kier alpha value is -1.17.